The van der Waals surface area contributed by atoms with Crippen molar-refractivity contribution in [3.05, 3.63) is 25.3 Å². The van der Waals surface area contributed by atoms with Crippen molar-refractivity contribution in [1.29, 1.82) is 0 Å². The summed E-state index contributed by atoms with van der Waals surface area (Å²) >= 11 is 0. The maximum absolute atomic E-state index is 11.3. The third-order valence-corrected chi connectivity index (χ3v) is 2.21. The van der Waals surface area contributed by atoms with Crippen LogP contribution < -0.4 is 0 Å². The minimum absolute atomic E-state index is 0.0699. The van der Waals surface area contributed by atoms with Crippen LogP contribution in [0.5, 0.6) is 0 Å². The van der Waals surface area contributed by atoms with Crippen molar-refractivity contribution in [2.45, 2.75) is 18.9 Å². The first-order valence-electron chi connectivity index (χ1n) is 4.28. The maximum atomic E-state index is 11.3. The van der Waals surface area contributed by atoms with Crippen molar-refractivity contribution >= 4 is 5.78 Å². The zero-order valence-corrected chi connectivity index (χ0v) is 7.33. The second-order valence-corrected chi connectivity index (χ2v) is 3.04. The van der Waals surface area contributed by atoms with Gasteiger partial charge in [0, 0.05) is 19.5 Å². The summed E-state index contributed by atoms with van der Waals surface area (Å²) < 4.78 is 0. The fourth-order valence-electron chi connectivity index (χ4n) is 1.60. The molecule has 0 N–H and O–H groups in total. The second-order valence-electron chi connectivity index (χ2n) is 3.04. The van der Waals surface area contributed by atoms with Gasteiger partial charge in [0.1, 0.15) is 0 Å². The Balaban J connectivity index is 2.56. The minimum atomic E-state index is 0.0699. The summed E-state index contributed by atoms with van der Waals surface area (Å²) in [6.07, 6.45) is 5.11. The first kappa shape index (κ1) is 9.20. The Morgan fingerprint density at radius 2 is 2.25 bits per heavy atom. The van der Waals surface area contributed by atoms with Crippen molar-refractivity contribution in [1.82, 2.24) is 4.90 Å². The van der Waals surface area contributed by atoms with Crippen LogP contribution in [-0.2, 0) is 4.79 Å². The summed E-state index contributed by atoms with van der Waals surface area (Å²) in [7, 11) is 0. The number of nitrogens with zero attached hydrogens (tertiary/aromatic N) is 1. The fourth-order valence-corrected chi connectivity index (χ4v) is 1.60. The first-order valence-corrected chi connectivity index (χ1v) is 4.28. The first-order chi connectivity index (χ1) is 5.79. The molecule has 1 fully saturated rings. The smallest absolute Gasteiger partial charge is 0.151 e. The molecule has 2 heteroatoms. The molecule has 1 saturated heterocycles. The van der Waals surface area contributed by atoms with Crippen LogP contribution in [0.2, 0.25) is 0 Å². The number of hydrogen-bond donors (Lipinski definition) is 0. The van der Waals surface area contributed by atoms with E-state index in [9.17, 15) is 4.79 Å². The van der Waals surface area contributed by atoms with Crippen LogP contribution >= 0.6 is 0 Å². The molecule has 0 aromatic rings. The van der Waals surface area contributed by atoms with E-state index in [0.29, 0.717) is 12.2 Å². The molecule has 0 aromatic heterocycles. The fraction of sp³-hybridized carbons (Fsp3) is 0.500. The normalized spacial score (nSPS) is 24.3. The summed E-state index contributed by atoms with van der Waals surface area (Å²) in [4.78, 5) is 13.5. The molecule has 1 aliphatic rings. The van der Waals surface area contributed by atoms with E-state index in [0.717, 1.165) is 19.5 Å². The van der Waals surface area contributed by atoms with Gasteiger partial charge in [0.05, 0.1) is 6.04 Å². The van der Waals surface area contributed by atoms with Crippen molar-refractivity contribution in [2.75, 3.05) is 13.1 Å². The van der Waals surface area contributed by atoms with E-state index in [1.54, 1.807) is 0 Å². The second kappa shape index (κ2) is 4.21. The molecular formula is C10H15NO. The number of Topliss-reactive ketones (excluding diaryl/α,β-unsaturated/α-hetero) is 1. The Labute approximate surface area is 73.6 Å². The SMILES string of the molecule is C=CCC1C(=O)CCN1CC=C. The summed E-state index contributed by atoms with van der Waals surface area (Å²) in [6.45, 7) is 9.00. The standard InChI is InChI=1S/C10H15NO/c1-3-5-9-10(12)6-8-11(9)7-4-2/h3-4,9H,1-2,5-8H2. The van der Waals surface area contributed by atoms with Crippen molar-refractivity contribution in [2.24, 2.45) is 0 Å². The summed E-state index contributed by atoms with van der Waals surface area (Å²) in [5, 5.41) is 0. The number of hydrogen-bond acceptors (Lipinski definition) is 2. The van der Waals surface area contributed by atoms with Gasteiger partial charge in [-0.3, -0.25) is 9.69 Å². The minimum Gasteiger partial charge on any atom is -0.298 e. The molecule has 1 aliphatic heterocycles. The van der Waals surface area contributed by atoms with E-state index in [2.05, 4.69) is 18.1 Å². The Kier molecular flexibility index (Phi) is 3.23. The molecule has 1 unspecified atom stereocenters. The maximum Gasteiger partial charge on any atom is 0.151 e. The summed E-state index contributed by atoms with van der Waals surface area (Å²) in [6, 6.07) is 0.0699. The topological polar surface area (TPSA) is 20.3 Å². The lowest BCUT2D eigenvalue weighted by molar-refractivity contribution is -0.119. The van der Waals surface area contributed by atoms with Gasteiger partial charge in [0.15, 0.2) is 5.78 Å². The molecule has 1 atom stereocenters. The van der Waals surface area contributed by atoms with Gasteiger partial charge in [-0.25, -0.2) is 0 Å². The third-order valence-electron chi connectivity index (χ3n) is 2.21. The quantitative estimate of drug-likeness (QED) is 0.587. The van der Waals surface area contributed by atoms with Crippen LogP contribution in [0.3, 0.4) is 0 Å². The Morgan fingerprint density at radius 3 is 2.83 bits per heavy atom. The molecule has 0 spiro atoms. The van der Waals surface area contributed by atoms with Crippen LogP contribution in [0.4, 0.5) is 0 Å². The predicted molar refractivity (Wildman–Crippen MR) is 50.0 cm³/mol. The highest BCUT2D eigenvalue weighted by molar-refractivity contribution is 5.86. The van der Waals surface area contributed by atoms with Gasteiger partial charge in [0.2, 0.25) is 0 Å². The highest BCUT2D eigenvalue weighted by Crippen LogP contribution is 2.16. The Morgan fingerprint density at radius 1 is 1.50 bits per heavy atom. The average molecular weight is 165 g/mol. The lowest BCUT2D eigenvalue weighted by Crippen LogP contribution is -2.32. The molecule has 12 heavy (non-hydrogen) atoms. The number of carbonyl (C=O) groups is 1. The lowest BCUT2D eigenvalue weighted by Gasteiger charge is -2.19. The zero-order chi connectivity index (χ0) is 8.97. The molecule has 0 radical (unpaired) electrons. The predicted octanol–water partition coefficient (Wildman–Crippen LogP) is 1.39. The Hall–Kier alpha value is -0.890. The molecule has 2 nitrogen and oxygen atoms in total. The molecule has 0 amide bonds. The van der Waals surface area contributed by atoms with Crippen LogP contribution in [0.15, 0.2) is 25.3 Å². The molecule has 0 aliphatic carbocycles. The molecule has 1 heterocycles. The number of carbonyl (C=O) groups excluding carboxylic acids is 1. The number of likely N-dealkylation sites (tertiary alicyclic amines) is 1. The molecule has 1 rings (SSSR count). The largest absolute Gasteiger partial charge is 0.298 e. The van der Waals surface area contributed by atoms with Gasteiger partial charge in [-0.2, -0.15) is 0 Å². The summed E-state index contributed by atoms with van der Waals surface area (Å²) in [5.74, 6) is 0.344. The average Bonchev–Trinajstić information content (AvgIpc) is 2.37. The van der Waals surface area contributed by atoms with Gasteiger partial charge in [-0.15, -0.1) is 13.2 Å². The molecule has 66 valence electrons. The number of rotatable bonds is 4. The van der Waals surface area contributed by atoms with E-state index in [4.69, 9.17) is 0 Å². The third kappa shape index (κ3) is 1.83. The van der Waals surface area contributed by atoms with E-state index >= 15 is 0 Å². The van der Waals surface area contributed by atoms with Crippen LogP contribution in [0, 0.1) is 0 Å². The van der Waals surface area contributed by atoms with Crippen molar-refractivity contribution in [3.8, 4) is 0 Å². The van der Waals surface area contributed by atoms with Crippen LogP contribution in [-0.4, -0.2) is 29.8 Å². The summed E-state index contributed by atoms with van der Waals surface area (Å²) in [5.41, 5.74) is 0. The lowest BCUT2D eigenvalue weighted by atomic mass is 10.1. The van der Waals surface area contributed by atoms with Gasteiger partial charge in [-0.1, -0.05) is 12.2 Å². The van der Waals surface area contributed by atoms with Crippen molar-refractivity contribution < 1.29 is 4.79 Å². The van der Waals surface area contributed by atoms with Gasteiger partial charge in [-0.05, 0) is 6.42 Å². The highest BCUT2D eigenvalue weighted by atomic mass is 16.1. The molecule has 0 bridgehead atoms. The van der Waals surface area contributed by atoms with Crippen molar-refractivity contribution in [3.63, 3.8) is 0 Å². The zero-order valence-electron chi connectivity index (χ0n) is 7.33. The molecule has 0 saturated carbocycles. The van der Waals surface area contributed by atoms with Crippen LogP contribution in [0.25, 0.3) is 0 Å². The Bertz CT molecular complexity index is 198. The highest BCUT2D eigenvalue weighted by Gasteiger charge is 2.29. The molecule has 0 aromatic carbocycles. The van der Waals surface area contributed by atoms with E-state index in [1.165, 1.54) is 0 Å². The molecular weight excluding hydrogens is 150 g/mol. The van der Waals surface area contributed by atoms with Crippen LogP contribution in [0.1, 0.15) is 12.8 Å². The van der Waals surface area contributed by atoms with E-state index in [1.807, 2.05) is 12.2 Å². The van der Waals surface area contributed by atoms with Gasteiger partial charge >= 0.3 is 0 Å². The monoisotopic (exact) mass is 165 g/mol. The van der Waals surface area contributed by atoms with Gasteiger partial charge in [0.25, 0.3) is 0 Å². The number of ketones is 1. The van der Waals surface area contributed by atoms with E-state index in [-0.39, 0.29) is 6.04 Å². The van der Waals surface area contributed by atoms with Gasteiger partial charge < -0.3 is 0 Å². The van der Waals surface area contributed by atoms with E-state index < -0.39 is 0 Å².